The summed E-state index contributed by atoms with van der Waals surface area (Å²) in [5.74, 6) is 1.62. The zero-order valence-electron chi connectivity index (χ0n) is 12.5. The summed E-state index contributed by atoms with van der Waals surface area (Å²) in [7, 11) is 0. The highest BCUT2D eigenvalue weighted by Gasteiger charge is 2.10. The van der Waals surface area contributed by atoms with E-state index in [1.807, 2.05) is 28.8 Å². The first-order chi connectivity index (χ1) is 10.6. The van der Waals surface area contributed by atoms with Gasteiger partial charge in [0, 0.05) is 30.1 Å². The van der Waals surface area contributed by atoms with E-state index in [9.17, 15) is 4.79 Å². The number of carbonyl (C=O) groups is 1. The van der Waals surface area contributed by atoms with Crippen molar-refractivity contribution in [2.24, 2.45) is 5.92 Å². The second-order valence-corrected chi connectivity index (χ2v) is 5.49. The first-order valence-electron chi connectivity index (χ1n) is 7.19. The van der Waals surface area contributed by atoms with Gasteiger partial charge in [-0.3, -0.25) is 9.20 Å². The van der Waals surface area contributed by atoms with Gasteiger partial charge in [-0.05, 0) is 24.1 Å². The first kappa shape index (κ1) is 14.2. The molecule has 0 bridgehead atoms. The Morgan fingerprint density at radius 1 is 1.23 bits per heavy atom. The Hall–Kier alpha value is -2.76. The van der Waals surface area contributed by atoms with Gasteiger partial charge < -0.3 is 5.32 Å². The Kier molecular flexibility index (Phi) is 3.82. The van der Waals surface area contributed by atoms with Crippen molar-refractivity contribution >= 4 is 11.7 Å². The van der Waals surface area contributed by atoms with Crippen LogP contribution < -0.4 is 5.32 Å². The number of nitrogens with zero attached hydrogens (tertiary/aromatic N) is 4. The maximum absolute atomic E-state index is 12.0. The maximum atomic E-state index is 12.0. The summed E-state index contributed by atoms with van der Waals surface area (Å²) in [4.78, 5) is 16.1. The highest BCUT2D eigenvalue weighted by Crippen LogP contribution is 2.18. The van der Waals surface area contributed by atoms with E-state index in [0.29, 0.717) is 29.6 Å². The van der Waals surface area contributed by atoms with Crippen LogP contribution in [0.2, 0.25) is 0 Å². The van der Waals surface area contributed by atoms with E-state index in [2.05, 4.69) is 34.3 Å². The molecule has 6 nitrogen and oxygen atoms in total. The average Bonchev–Trinajstić information content (AvgIpc) is 2.97. The topological polar surface area (TPSA) is 72.2 Å². The molecule has 0 aliphatic heterocycles. The second kappa shape index (κ2) is 5.93. The Morgan fingerprint density at radius 3 is 2.73 bits per heavy atom. The van der Waals surface area contributed by atoms with Crippen LogP contribution >= 0.6 is 0 Å². The standard InChI is InChI=1S/C16H17N5O/c1-11(2)10-18-15(22)13-6-4-12(5-7-13)14-19-20-16-17-8-3-9-21(14)16/h3-9,11H,10H2,1-2H3,(H,18,22). The lowest BCUT2D eigenvalue weighted by molar-refractivity contribution is 0.0949. The summed E-state index contributed by atoms with van der Waals surface area (Å²) in [5, 5.41) is 11.1. The van der Waals surface area contributed by atoms with Crippen LogP contribution in [0, 0.1) is 5.92 Å². The first-order valence-corrected chi connectivity index (χ1v) is 7.19. The smallest absolute Gasteiger partial charge is 0.255 e. The van der Waals surface area contributed by atoms with Gasteiger partial charge in [0.05, 0.1) is 0 Å². The van der Waals surface area contributed by atoms with Crippen molar-refractivity contribution in [3.8, 4) is 11.4 Å². The van der Waals surface area contributed by atoms with Crippen LogP contribution in [0.1, 0.15) is 24.2 Å². The number of aromatic nitrogens is 4. The molecule has 1 N–H and O–H groups in total. The Bertz CT molecular complexity index is 792. The molecule has 3 aromatic rings. The normalized spacial score (nSPS) is 11.0. The predicted molar refractivity (Wildman–Crippen MR) is 83.4 cm³/mol. The highest BCUT2D eigenvalue weighted by molar-refractivity contribution is 5.94. The Balaban J connectivity index is 1.84. The molecule has 1 amide bonds. The SMILES string of the molecule is CC(C)CNC(=O)c1ccc(-c2nnc3ncccn23)cc1. The van der Waals surface area contributed by atoms with Crippen molar-refractivity contribution in [1.29, 1.82) is 0 Å². The van der Waals surface area contributed by atoms with Crippen molar-refractivity contribution in [3.63, 3.8) is 0 Å². The number of fused-ring (bicyclic) bond motifs is 1. The van der Waals surface area contributed by atoms with Crippen LogP contribution in [0.3, 0.4) is 0 Å². The van der Waals surface area contributed by atoms with Crippen molar-refractivity contribution < 1.29 is 4.79 Å². The minimum Gasteiger partial charge on any atom is -0.352 e. The van der Waals surface area contributed by atoms with Gasteiger partial charge in [0.1, 0.15) is 0 Å². The van der Waals surface area contributed by atoms with Crippen molar-refractivity contribution in [2.75, 3.05) is 6.54 Å². The number of nitrogens with one attached hydrogen (secondary N) is 1. The van der Waals surface area contributed by atoms with Crippen LogP contribution in [-0.4, -0.2) is 32.0 Å². The van der Waals surface area contributed by atoms with Gasteiger partial charge in [-0.15, -0.1) is 10.2 Å². The van der Waals surface area contributed by atoms with Crippen molar-refractivity contribution in [3.05, 3.63) is 48.3 Å². The molecule has 0 spiro atoms. The largest absolute Gasteiger partial charge is 0.352 e. The summed E-state index contributed by atoms with van der Waals surface area (Å²) in [5.41, 5.74) is 1.53. The quantitative estimate of drug-likeness (QED) is 0.800. The summed E-state index contributed by atoms with van der Waals surface area (Å²) in [6.07, 6.45) is 3.54. The lowest BCUT2D eigenvalue weighted by Crippen LogP contribution is -2.27. The molecule has 0 unspecified atom stereocenters. The van der Waals surface area contributed by atoms with Crippen LogP contribution in [0.25, 0.3) is 17.2 Å². The van der Waals surface area contributed by atoms with E-state index in [1.165, 1.54) is 0 Å². The van der Waals surface area contributed by atoms with E-state index >= 15 is 0 Å². The minimum atomic E-state index is -0.0620. The van der Waals surface area contributed by atoms with Crippen LogP contribution in [0.5, 0.6) is 0 Å². The number of carbonyl (C=O) groups excluding carboxylic acids is 1. The summed E-state index contributed by atoms with van der Waals surface area (Å²) in [6.45, 7) is 4.79. The van der Waals surface area contributed by atoms with E-state index < -0.39 is 0 Å². The molecule has 0 aliphatic carbocycles. The fourth-order valence-corrected chi connectivity index (χ4v) is 2.11. The molecule has 0 atom stereocenters. The third-order valence-corrected chi connectivity index (χ3v) is 3.27. The summed E-state index contributed by atoms with van der Waals surface area (Å²) >= 11 is 0. The summed E-state index contributed by atoms with van der Waals surface area (Å²) in [6, 6.07) is 9.15. The Labute approximate surface area is 128 Å². The van der Waals surface area contributed by atoms with Gasteiger partial charge in [0.2, 0.25) is 0 Å². The zero-order valence-corrected chi connectivity index (χ0v) is 12.5. The third kappa shape index (κ3) is 2.81. The molecular weight excluding hydrogens is 278 g/mol. The maximum Gasteiger partial charge on any atom is 0.255 e. The third-order valence-electron chi connectivity index (χ3n) is 3.27. The van der Waals surface area contributed by atoms with Gasteiger partial charge in [-0.2, -0.15) is 0 Å². The minimum absolute atomic E-state index is 0.0620. The number of hydrogen-bond acceptors (Lipinski definition) is 4. The monoisotopic (exact) mass is 295 g/mol. The van der Waals surface area contributed by atoms with Gasteiger partial charge in [0.25, 0.3) is 11.7 Å². The fourth-order valence-electron chi connectivity index (χ4n) is 2.11. The van der Waals surface area contributed by atoms with E-state index in [-0.39, 0.29) is 5.91 Å². The molecule has 0 aliphatic rings. The molecule has 0 saturated carbocycles. The molecule has 6 heteroatoms. The summed E-state index contributed by atoms with van der Waals surface area (Å²) < 4.78 is 1.81. The van der Waals surface area contributed by atoms with Crippen LogP contribution in [0.15, 0.2) is 42.7 Å². The van der Waals surface area contributed by atoms with Gasteiger partial charge >= 0.3 is 0 Å². The van der Waals surface area contributed by atoms with E-state index in [4.69, 9.17) is 0 Å². The molecule has 22 heavy (non-hydrogen) atoms. The van der Waals surface area contributed by atoms with E-state index in [1.54, 1.807) is 18.3 Å². The number of benzene rings is 1. The lowest BCUT2D eigenvalue weighted by Gasteiger charge is -2.08. The number of amides is 1. The Morgan fingerprint density at radius 2 is 2.00 bits per heavy atom. The fraction of sp³-hybridized carbons (Fsp3) is 0.250. The van der Waals surface area contributed by atoms with Crippen molar-refractivity contribution in [1.82, 2.24) is 24.9 Å². The molecule has 0 saturated heterocycles. The van der Waals surface area contributed by atoms with Gasteiger partial charge in [-0.25, -0.2) is 4.98 Å². The molecule has 112 valence electrons. The lowest BCUT2D eigenvalue weighted by atomic mass is 10.1. The van der Waals surface area contributed by atoms with Gasteiger partial charge in [0.15, 0.2) is 5.82 Å². The van der Waals surface area contributed by atoms with Crippen LogP contribution in [-0.2, 0) is 0 Å². The zero-order chi connectivity index (χ0) is 15.5. The molecule has 0 radical (unpaired) electrons. The van der Waals surface area contributed by atoms with E-state index in [0.717, 1.165) is 5.56 Å². The van der Waals surface area contributed by atoms with Crippen molar-refractivity contribution in [2.45, 2.75) is 13.8 Å². The number of rotatable bonds is 4. The molecule has 1 aromatic carbocycles. The number of hydrogen-bond donors (Lipinski definition) is 1. The molecule has 0 fully saturated rings. The van der Waals surface area contributed by atoms with Gasteiger partial charge in [-0.1, -0.05) is 26.0 Å². The predicted octanol–water partition coefficient (Wildman–Crippen LogP) is 2.18. The van der Waals surface area contributed by atoms with Crippen LogP contribution in [0.4, 0.5) is 0 Å². The second-order valence-electron chi connectivity index (χ2n) is 5.49. The molecular formula is C16H17N5O. The molecule has 3 rings (SSSR count). The highest BCUT2D eigenvalue weighted by atomic mass is 16.1. The average molecular weight is 295 g/mol. The molecule has 2 aromatic heterocycles. The molecule has 2 heterocycles.